The smallest absolute Gasteiger partial charge is 0.292 e. The molecular weight excluding hydrogens is 362 g/mol. The molecule has 2 rings (SSSR count). The minimum absolute atomic E-state index is 0.138. The van der Waals surface area contributed by atoms with Crippen molar-refractivity contribution >= 4 is 17.3 Å². The lowest BCUT2D eigenvalue weighted by atomic mass is 10.1. The van der Waals surface area contributed by atoms with Gasteiger partial charge in [0.05, 0.1) is 25.2 Å². The van der Waals surface area contributed by atoms with Gasteiger partial charge in [-0.2, -0.15) is 0 Å². The van der Waals surface area contributed by atoms with Crippen LogP contribution in [0.15, 0.2) is 36.4 Å². The summed E-state index contributed by atoms with van der Waals surface area (Å²) in [5, 5.41) is 13.8. The second-order valence-corrected chi connectivity index (χ2v) is 6.49. The minimum Gasteiger partial charge on any atom is -0.493 e. The lowest BCUT2D eigenvalue weighted by Crippen LogP contribution is -2.39. The molecule has 0 aliphatic carbocycles. The number of nitrogens with one attached hydrogen (secondary N) is 1. The van der Waals surface area contributed by atoms with Gasteiger partial charge in [0.2, 0.25) is 5.91 Å². The number of aryl methyl sites for hydroxylation is 1. The lowest BCUT2D eigenvalue weighted by molar-refractivity contribution is -0.383. The van der Waals surface area contributed by atoms with Crippen molar-refractivity contribution in [2.75, 3.05) is 26.6 Å². The van der Waals surface area contributed by atoms with Gasteiger partial charge in [-0.15, -0.1) is 0 Å². The highest BCUT2D eigenvalue weighted by Crippen LogP contribution is 2.31. The Morgan fingerprint density at radius 3 is 2.43 bits per heavy atom. The molecule has 0 aliphatic heterocycles. The fourth-order valence-electron chi connectivity index (χ4n) is 2.77. The van der Waals surface area contributed by atoms with Gasteiger partial charge in [0.15, 0.2) is 11.5 Å². The van der Waals surface area contributed by atoms with Gasteiger partial charge >= 0.3 is 0 Å². The van der Waals surface area contributed by atoms with Gasteiger partial charge in [-0.3, -0.25) is 19.8 Å². The monoisotopic (exact) mass is 387 g/mol. The molecule has 0 radical (unpaired) electrons. The van der Waals surface area contributed by atoms with E-state index in [9.17, 15) is 14.9 Å². The Kier molecular flexibility index (Phi) is 6.94. The van der Waals surface area contributed by atoms with E-state index in [2.05, 4.69) is 5.32 Å². The zero-order valence-electron chi connectivity index (χ0n) is 16.7. The maximum atomic E-state index is 12.6. The molecule has 0 bridgehead atoms. The average Bonchev–Trinajstić information content (AvgIpc) is 2.68. The van der Waals surface area contributed by atoms with Crippen LogP contribution in [0.5, 0.6) is 11.5 Å². The van der Waals surface area contributed by atoms with Gasteiger partial charge in [0.1, 0.15) is 5.69 Å². The van der Waals surface area contributed by atoms with Crippen LogP contribution in [-0.2, 0) is 11.3 Å². The molecule has 2 aromatic rings. The molecule has 0 spiro atoms. The predicted octanol–water partition coefficient (Wildman–Crippen LogP) is 3.38. The van der Waals surface area contributed by atoms with Gasteiger partial charge in [0, 0.05) is 12.6 Å². The second-order valence-electron chi connectivity index (χ2n) is 6.49. The molecule has 150 valence electrons. The number of carbonyl (C=O) groups excluding carboxylic acids is 1. The number of likely N-dealkylation sites (N-methyl/N-ethyl adjacent to an activating group) is 1. The average molecular weight is 387 g/mol. The van der Waals surface area contributed by atoms with Crippen molar-refractivity contribution in [3.05, 3.63) is 57.6 Å². The van der Waals surface area contributed by atoms with Crippen molar-refractivity contribution in [1.82, 2.24) is 4.90 Å². The largest absolute Gasteiger partial charge is 0.493 e. The van der Waals surface area contributed by atoms with E-state index < -0.39 is 11.0 Å². The summed E-state index contributed by atoms with van der Waals surface area (Å²) in [6.07, 6.45) is 0. The summed E-state index contributed by atoms with van der Waals surface area (Å²) in [5.41, 5.74) is 2.04. The summed E-state index contributed by atoms with van der Waals surface area (Å²) in [5.74, 6) is 0.942. The first-order valence-electron chi connectivity index (χ1n) is 8.74. The number of anilines is 1. The number of ether oxygens (including phenoxy) is 2. The van der Waals surface area contributed by atoms with Gasteiger partial charge in [0.25, 0.3) is 5.69 Å². The first kappa shape index (κ1) is 21.2. The zero-order valence-corrected chi connectivity index (χ0v) is 16.7. The molecular formula is C20H25N3O5. The van der Waals surface area contributed by atoms with E-state index in [1.807, 2.05) is 31.0 Å². The van der Waals surface area contributed by atoms with Gasteiger partial charge < -0.3 is 14.8 Å². The number of amides is 1. The minimum atomic E-state index is -0.517. The highest BCUT2D eigenvalue weighted by molar-refractivity contribution is 5.96. The van der Waals surface area contributed by atoms with Crippen LogP contribution in [0.1, 0.15) is 18.1 Å². The third kappa shape index (κ3) is 4.77. The molecule has 0 aliphatic rings. The Bertz CT molecular complexity index is 869. The van der Waals surface area contributed by atoms with Crippen LogP contribution in [0.3, 0.4) is 0 Å². The van der Waals surface area contributed by atoms with Crippen molar-refractivity contribution in [3.8, 4) is 11.5 Å². The van der Waals surface area contributed by atoms with E-state index >= 15 is 0 Å². The number of nitro benzene ring substituents is 1. The molecule has 8 heteroatoms. The Morgan fingerprint density at radius 2 is 1.82 bits per heavy atom. The lowest BCUT2D eigenvalue weighted by Gasteiger charge is -2.25. The Labute approximate surface area is 164 Å². The van der Waals surface area contributed by atoms with Crippen molar-refractivity contribution in [2.45, 2.75) is 26.4 Å². The van der Waals surface area contributed by atoms with Crippen LogP contribution in [0, 0.1) is 17.0 Å². The highest BCUT2D eigenvalue weighted by Gasteiger charge is 2.22. The molecule has 8 nitrogen and oxygen atoms in total. The van der Waals surface area contributed by atoms with Crippen molar-refractivity contribution < 1.29 is 19.2 Å². The Hall–Kier alpha value is -3.13. The first-order valence-corrected chi connectivity index (χ1v) is 8.74. The standard InChI is InChI=1S/C20H25N3O5/c1-13-10-18(27-4)19(28-5)11-15(13)12-22(3)14(2)20(24)21-16-8-6-7-9-17(16)23(25)26/h6-11,14H,12H2,1-5H3,(H,21,24)/t14-/m0/s1. The molecule has 28 heavy (non-hydrogen) atoms. The Balaban J connectivity index is 2.14. The van der Waals surface area contributed by atoms with E-state index in [4.69, 9.17) is 9.47 Å². The summed E-state index contributed by atoms with van der Waals surface area (Å²) < 4.78 is 10.7. The molecule has 2 aromatic carbocycles. The summed E-state index contributed by atoms with van der Waals surface area (Å²) in [6, 6.07) is 9.34. The molecule has 0 unspecified atom stereocenters. The highest BCUT2D eigenvalue weighted by atomic mass is 16.6. The van der Waals surface area contributed by atoms with Crippen molar-refractivity contribution in [2.24, 2.45) is 0 Å². The van der Waals surface area contributed by atoms with Gasteiger partial charge in [-0.1, -0.05) is 12.1 Å². The number of hydrogen-bond donors (Lipinski definition) is 1. The van der Waals surface area contributed by atoms with Crippen molar-refractivity contribution in [1.29, 1.82) is 0 Å². The topological polar surface area (TPSA) is 93.9 Å². The number of carbonyl (C=O) groups is 1. The zero-order chi connectivity index (χ0) is 20.8. The van der Waals surface area contributed by atoms with Gasteiger partial charge in [-0.05, 0) is 50.2 Å². The number of rotatable bonds is 8. The Morgan fingerprint density at radius 1 is 1.21 bits per heavy atom. The summed E-state index contributed by atoms with van der Waals surface area (Å²) in [4.78, 5) is 25.1. The summed E-state index contributed by atoms with van der Waals surface area (Å²) >= 11 is 0. The van der Waals surface area contributed by atoms with E-state index in [-0.39, 0.29) is 17.3 Å². The quantitative estimate of drug-likeness (QED) is 0.551. The van der Waals surface area contributed by atoms with Crippen molar-refractivity contribution in [3.63, 3.8) is 0 Å². The normalized spacial score (nSPS) is 11.8. The fraction of sp³-hybridized carbons (Fsp3) is 0.350. The third-order valence-electron chi connectivity index (χ3n) is 4.66. The second kappa shape index (κ2) is 9.18. The predicted molar refractivity (Wildman–Crippen MR) is 107 cm³/mol. The molecule has 1 atom stereocenters. The number of nitro groups is 1. The van der Waals surface area contributed by atoms with Crippen LogP contribution in [-0.4, -0.2) is 43.0 Å². The first-order chi connectivity index (χ1) is 13.3. The summed E-state index contributed by atoms with van der Waals surface area (Å²) in [7, 11) is 4.97. The maximum absolute atomic E-state index is 12.6. The van der Waals surface area contributed by atoms with Crippen LogP contribution < -0.4 is 14.8 Å². The number of methoxy groups -OCH3 is 2. The van der Waals surface area contributed by atoms with E-state index in [1.54, 1.807) is 33.3 Å². The number of hydrogen-bond acceptors (Lipinski definition) is 6. The molecule has 0 heterocycles. The van der Waals surface area contributed by atoms with E-state index in [0.29, 0.717) is 18.0 Å². The molecule has 0 saturated carbocycles. The van der Waals surface area contributed by atoms with Crippen LogP contribution in [0.2, 0.25) is 0 Å². The SMILES string of the molecule is COc1cc(C)c(CN(C)[C@@H](C)C(=O)Nc2ccccc2[N+](=O)[O-])cc1OC. The third-order valence-corrected chi connectivity index (χ3v) is 4.66. The molecule has 1 amide bonds. The molecule has 0 fully saturated rings. The summed E-state index contributed by atoms with van der Waals surface area (Å²) in [6.45, 7) is 4.21. The number of para-hydroxylation sites is 2. The van der Waals surface area contributed by atoms with Gasteiger partial charge in [-0.25, -0.2) is 0 Å². The molecule has 0 aromatic heterocycles. The molecule has 1 N–H and O–H groups in total. The van der Waals surface area contributed by atoms with E-state index in [1.165, 1.54) is 12.1 Å². The number of benzene rings is 2. The van der Waals surface area contributed by atoms with Crippen LogP contribution in [0.4, 0.5) is 11.4 Å². The maximum Gasteiger partial charge on any atom is 0.292 e. The number of nitrogens with zero attached hydrogens (tertiary/aromatic N) is 2. The van der Waals surface area contributed by atoms with Crippen LogP contribution in [0.25, 0.3) is 0 Å². The van der Waals surface area contributed by atoms with Crippen LogP contribution >= 0.6 is 0 Å². The molecule has 0 saturated heterocycles. The van der Waals surface area contributed by atoms with E-state index in [0.717, 1.165) is 11.1 Å². The fourth-order valence-corrected chi connectivity index (χ4v) is 2.77.